The standard InChI is InChI=1S/C60H82/c1-5-9-13-17-21-29-41-59(42-30-22-18-14-10-6-2)53-39-37-47-33-25-27-35-49(47)57(53)51-46-56-52(45-55(51)59)58-50-36-28-26-34-48(50)38-40-54(58)60(56,43-31-23-19-15-11-7-3)44-32-24-20-16-12-8-4/h25-28,33-40,45-46H,5-24,29-32,41-44H2,1-4H3. The van der Waals surface area contributed by atoms with Crippen LogP contribution in [0.5, 0.6) is 0 Å². The molecule has 2 aliphatic rings. The van der Waals surface area contributed by atoms with E-state index in [9.17, 15) is 0 Å². The summed E-state index contributed by atoms with van der Waals surface area (Å²) in [5.41, 5.74) is 13.1. The van der Waals surface area contributed by atoms with Gasteiger partial charge in [-0.2, -0.15) is 0 Å². The van der Waals surface area contributed by atoms with Crippen molar-refractivity contribution in [3.05, 3.63) is 107 Å². The van der Waals surface area contributed by atoms with Crippen LogP contribution < -0.4 is 0 Å². The second-order valence-corrected chi connectivity index (χ2v) is 19.6. The van der Waals surface area contributed by atoms with E-state index in [1.165, 1.54) is 201 Å². The summed E-state index contributed by atoms with van der Waals surface area (Å²) in [4.78, 5) is 0. The molecule has 60 heavy (non-hydrogen) atoms. The summed E-state index contributed by atoms with van der Waals surface area (Å²) in [6.07, 6.45) is 37.6. The van der Waals surface area contributed by atoms with Crippen LogP contribution in [0.25, 0.3) is 43.8 Å². The third-order valence-corrected chi connectivity index (χ3v) is 15.4. The Labute approximate surface area is 367 Å². The van der Waals surface area contributed by atoms with Crippen LogP contribution in [0.4, 0.5) is 0 Å². The predicted octanol–water partition coefficient (Wildman–Crippen LogP) is 19.5. The molecule has 5 aromatic carbocycles. The minimum atomic E-state index is 0.0633. The third kappa shape index (κ3) is 9.49. The Morgan fingerprint density at radius 1 is 0.300 bits per heavy atom. The lowest BCUT2D eigenvalue weighted by atomic mass is 9.68. The van der Waals surface area contributed by atoms with E-state index in [2.05, 4.69) is 113 Å². The molecular weight excluding hydrogens is 721 g/mol. The third-order valence-electron chi connectivity index (χ3n) is 15.4. The summed E-state index contributed by atoms with van der Waals surface area (Å²) in [6, 6.07) is 34.7. The van der Waals surface area contributed by atoms with Crippen molar-refractivity contribution in [1.29, 1.82) is 0 Å². The first-order valence-corrected chi connectivity index (χ1v) is 25.9. The lowest BCUT2D eigenvalue weighted by Crippen LogP contribution is -2.27. The average Bonchev–Trinajstić information content (AvgIpc) is 3.71. The molecule has 2 aliphatic carbocycles. The topological polar surface area (TPSA) is 0 Å². The largest absolute Gasteiger partial charge is 0.0654 e. The number of rotatable bonds is 28. The molecule has 0 N–H and O–H groups in total. The van der Waals surface area contributed by atoms with Gasteiger partial charge in [0.2, 0.25) is 0 Å². The maximum absolute atomic E-state index is 2.85. The first kappa shape index (κ1) is 44.7. The molecule has 5 aromatic rings. The summed E-state index contributed by atoms with van der Waals surface area (Å²) in [5, 5.41) is 5.75. The quantitative estimate of drug-likeness (QED) is 0.0442. The van der Waals surface area contributed by atoms with Gasteiger partial charge in [0, 0.05) is 10.8 Å². The molecule has 0 heteroatoms. The minimum absolute atomic E-state index is 0.0633. The molecule has 0 fully saturated rings. The van der Waals surface area contributed by atoms with Crippen LogP contribution in [0.1, 0.15) is 230 Å². The van der Waals surface area contributed by atoms with E-state index >= 15 is 0 Å². The van der Waals surface area contributed by atoms with Gasteiger partial charge in [-0.05, 0) is 104 Å². The zero-order valence-electron chi connectivity index (χ0n) is 38.9. The fraction of sp³-hybridized carbons (Fsp3) is 0.567. The van der Waals surface area contributed by atoms with Gasteiger partial charge in [-0.15, -0.1) is 0 Å². The molecule has 7 rings (SSSR count). The molecule has 0 aromatic heterocycles. The van der Waals surface area contributed by atoms with Crippen molar-refractivity contribution in [3.8, 4) is 22.3 Å². The Kier molecular flexibility index (Phi) is 16.5. The molecule has 0 heterocycles. The summed E-state index contributed by atoms with van der Waals surface area (Å²) in [7, 11) is 0. The molecule has 0 unspecified atom stereocenters. The fourth-order valence-electron chi connectivity index (χ4n) is 12.2. The highest BCUT2D eigenvalue weighted by Crippen LogP contribution is 2.62. The highest BCUT2D eigenvalue weighted by molar-refractivity contribution is 6.07. The van der Waals surface area contributed by atoms with E-state index in [0.717, 1.165) is 0 Å². The average molecular weight is 803 g/mol. The van der Waals surface area contributed by atoms with Gasteiger partial charge in [-0.25, -0.2) is 0 Å². The van der Waals surface area contributed by atoms with Gasteiger partial charge in [-0.3, -0.25) is 0 Å². The van der Waals surface area contributed by atoms with Gasteiger partial charge in [0.1, 0.15) is 0 Å². The van der Waals surface area contributed by atoms with E-state index in [1.807, 2.05) is 0 Å². The van der Waals surface area contributed by atoms with Gasteiger partial charge >= 0.3 is 0 Å². The number of hydrogen-bond donors (Lipinski definition) is 0. The van der Waals surface area contributed by atoms with Crippen molar-refractivity contribution in [3.63, 3.8) is 0 Å². The Bertz CT molecular complexity index is 1910. The zero-order valence-corrected chi connectivity index (χ0v) is 38.9. The molecule has 0 radical (unpaired) electrons. The smallest absolute Gasteiger partial charge is 0.0215 e. The van der Waals surface area contributed by atoms with Crippen LogP contribution in [0, 0.1) is 0 Å². The van der Waals surface area contributed by atoms with Crippen molar-refractivity contribution < 1.29 is 0 Å². The number of fused-ring (bicyclic) bond motifs is 10. The maximum Gasteiger partial charge on any atom is 0.0215 e. The number of benzene rings is 5. The lowest BCUT2D eigenvalue weighted by Gasteiger charge is -2.35. The van der Waals surface area contributed by atoms with Crippen molar-refractivity contribution in [2.75, 3.05) is 0 Å². The molecule has 322 valence electrons. The predicted molar refractivity (Wildman–Crippen MR) is 266 cm³/mol. The summed E-state index contributed by atoms with van der Waals surface area (Å²) in [6.45, 7) is 9.40. The van der Waals surface area contributed by atoms with E-state index in [-0.39, 0.29) is 10.8 Å². The highest BCUT2D eigenvalue weighted by atomic mass is 14.5. The van der Waals surface area contributed by atoms with Crippen LogP contribution in [0.15, 0.2) is 84.9 Å². The summed E-state index contributed by atoms with van der Waals surface area (Å²) < 4.78 is 0. The molecule has 0 aliphatic heterocycles. The Balaban J connectivity index is 1.41. The van der Waals surface area contributed by atoms with Crippen molar-refractivity contribution >= 4 is 21.5 Å². The Hall–Kier alpha value is -3.38. The number of unbranched alkanes of at least 4 members (excludes halogenated alkanes) is 20. The van der Waals surface area contributed by atoms with Crippen LogP contribution in [0.2, 0.25) is 0 Å². The van der Waals surface area contributed by atoms with Gasteiger partial charge in [0.15, 0.2) is 0 Å². The van der Waals surface area contributed by atoms with E-state index in [1.54, 1.807) is 44.5 Å². The van der Waals surface area contributed by atoms with E-state index < -0.39 is 0 Å². The molecule has 0 nitrogen and oxygen atoms in total. The fourth-order valence-corrected chi connectivity index (χ4v) is 12.2. The van der Waals surface area contributed by atoms with Crippen LogP contribution in [-0.4, -0.2) is 0 Å². The second kappa shape index (κ2) is 22.1. The van der Waals surface area contributed by atoms with Crippen LogP contribution in [-0.2, 0) is 10.8 Å². The first-order chi connectivity index (χ1) is 29.6. The second-order valence-electron chi connectivity index (χ2n) is 19.6. The van der Waals surface area contributed by atoms with Crippen molar-refractivity contribution in [2.45, 2.75) is 218 Å². The van der Waals surface area contributed by atoms with Gasteiger partial charge < -0.3 is 0 Å². The molecule has 0 atom stereocenters. The SMILES string of the molecule is CCCCCCCCC1(CCCCCCCC)c2cc3c(cc2-c2c1ccc1ccccc21)C(CCCCCCCC)(CCCCCCCC)c1ccc2ccccc2c1-3. The van der Waals surface area contributed by atoms with E-state index in [4.69, 9.17) is 0 Å². The highest BCUT2D eigenvalue weighted by Gasteiger charge is 2.48. The molecule has 0 amide bonds. The maximum atomic E-state index is 2.85. The molecule has 0 saturated heterocycles. The Morgan fingerprint density at radius 3 is 0.933 bits per heavy atom. The van der Waals surface area contributed by atoms with Crippen LogP contribution >= 0.6 is 0 Å². The first-order valence-electron chi connectivity index (χ1n) is 25.9. The molecule has 0 spiro atoms. The van der Waals surface area contributed by atoms with E-state index in [0.29, 0.717) is 0 Å². The lowest BCUT2D eigenvalue weighted by molar-refractivity contribution is 0.394. The van der Waals surface area contributed by atoms with Crippen molar-refractivity contribution in [2.24, 2.45) is 0 Å². The number of hydrogen-bond acceptors (Lipinski definition) is 0. The monoisotopic (exact) mass is 803 g/mol. The van der Waals surface area contributed by atoms with Crippen LogP contribution in [0.3, 0.4) is 0 Å². The van der Waals surface area contributed by atoms with Crippen molar-refractivity contribution in [1.82, 2.24) is 0 Å². The zero-order chi connectivity index (χ0) is 41.6. The van der Waals surface area contributed by atoms with Gasteiger partial charge in [-0.1, -0.05) is 255 Å². The normalized spacial score (nSPS) is 14.5. The molecule has 0 saturated carbocycles. The summed E-state index contributed by atoms with van der Waals surface area (Å²) in [5.74, 6) is 0. The Morgan fingerprint density at radius 2 is 0.600 bits per heavy atom. The van der Waals surface area contributed by atoms with Gasteiger partial charge in [0.25, 0.3) is 0 Å². The molecular formula is C60H82. The summed E-state index contributed by atoms with van der Waals surface area (Å²) >= 11 is 0. The van der Waals surface area contributed by atoms with Gasteiger partial charge in [0.05, 0.1) is 0 Å². The minimum Gasteiger partial charge on any atom is -0.0654 e. The molecule has 0 bridgehead atoms.